The summed E-state index contributed by atoms with van der Waals surface area (Å²) in [5.41, 5.74) is 16.6. The largest absolute Gasteiger partial charge is 0.309 e. The third kappa shape index (κ3) is 5.93. The molecule has 56 heavy (non-hydrogen) atoms. The van der Waals surface area contributed by atoms with E-state index >= 15 is 0 Å². The molecule has 276 valence electrons. The Balaban J connectivity index is 1.28. The lowest BCUT2D eigenvalue weighted by Crippen LogP contribution is -2.21. The van der Waals surface area contributed by atoms with Crippen molar-refractivity contribution in [2.75, 3.05) is 4.90 Å². The Morgan fingerprint density at radius 3 is 1.79 bits per heavy atom. The van der Waals surface area contributed by atoms with Crippen molar-refractivity contribution in [3.8, 4) is 33.4 Å². The number of anilines is 3. The molecule has 1 heteroatoms. The first-order valence-corrected chi connectivity index (χ1v) is 20.1. The molecule has 1 nitrogen and oxygen atoms in total. The summed E-state index contributed by atoms with van der Waals surface area (Å²) in [5, 5.41) is 4.96. The van der Waals surface area contributed by atoms with Gasteiger partial charge >= 0.3 is 0 Å². The fourth-order valence-electron chi connectivity index (χ4n) is 9.02. The fourth-order valence-corrected chi connectivity index (χ4v) is 9.02. The highest BCUT2D eigenvalue weighted by atomic mass is 15.1. The van der Waals surface area contributed by atoms with E-state index in [-0.39, 0.29) is 16.2 Å². The molecule has 9 rings (SSSR count). The van der Waals surface area contributed by atoms with Crippen molar-refractivity contribution < 1.29 is 0 Å². The van der Waals surface area contributed by atoms with Gasteiger partial charge in [-0.1, -0.05) is 189 Å². The summed E-state index contributed by atoms with van der Waals surface area (Å²) < 4.78 is 0. The van der Waals surface area contributed by atoms with Crippen LogP contribution in [0.3, 0.4) is 0 Å². The molecule has 0 unspecified atom stereocenters. The quantitative estimate of drug-likeness (QED) is 0.171. The van der Waals surface area contributed by atoms with E-state index in [1.165, 1.54) is 77.2 Å². The van der Waals surface area contributed by atoms with Gasteiger partial charge in [0.2, 0.25) is 0 Å². The topological polar surface area (TPSA) is 3.24 Å². The number of nitrogens with zero attached hydrogens (tertiary/aromatic N) is 1. The third-order valence-electron chi connectivity index (χ3n) is 12.1. The summed E-state index contributed by atoms with van der Waals surface area (Å²) >= 11 is 0. The van der Waals surface area contributed by atoms with Crippen molar-refractivity contribution in [1.82, 2.24) is 0 Å². The number of para-hydroxylation sites is 1. The van der Waals surface area contributed by atoms with Crippen molar-refractivity contribution in [1.29, 1.82) is 0 Å². The zero-order valence-corrected chi connectivity index (χ0v) is 34.0. The second kappa shape index (κ2) is 13.1. The van der Waals surface area contributed by atoms with Gasteiger partial charge in [-0.15, -0.1) is 0 Å². The van der Waals surface area contributed by atoms with Gasteiger partial charge in [0.1, 0.15) is 0 Å². The Labute approximate surface area is 333 Å². The van der Waals surface area contributed by atoms with Crippen LogP contribution in [0.1, 0.15) is 77.6 Å². The second-order valence-corrected chi connectivity index (χ2v) is 18.3. The SMILES string of the molecule is CC(C)(C)c1cc(C(C)(C)C)c2c(c1)C(C)(C)c1cccc(-c3ccccc3N(c3ccc(-c4ccc5ccccc5c4)cc3)c3cccc4ccccc34)c1-2. The van der Waals surface area contributed by atoms with E-state index in [4.69, 9.17) is 0 Å². The highest BCUT2D eigenvalue weighted by Crippen LogP contribution is 2.57. The van der Waals surface area contributed by atoms with Gasteiger partial charge in [0.15, 0.2) is 0 Å². The van der Waals surface area contributed by atoms with Crippen LogP contribution < -0.4 is 4.90 Å². The molecule has 0 saturated carbocycles. The van der Waals surface area contributed by atoms with Crippen LogP contribution in [0.15, 0.2) is 164 Å². The number of hydrogen-bond acceptors (Lipinski definition) is 1. The van der Waals surface area contributed by atoms with E-state index in [9.17, 15) is 0 Å². The molecule has 0 amide bonds. The Kier molecular flexibility index (Phi) is 8.36. The number of hydrogen-bond donors (Lipinski definition) is 0. The van der Waals surface area contributed by atoms with Crippen molar-refractivity contribution in [2.24, 2.45) is 0 Å². The summed E-state index contributed by atoms with van der Waals surface area (Å²) in [6.07, 6.45) is 0. The van der Waals surface area contributed by atoms with Gasteiger partial charge < -0.3 is 4.90 Å². The maximum Gasteiger partial charge on any atom is 0.0540 e. The Morgan fingerprint density at radius 1 is 0.429 bits per heavy atom. The molecule has 0 aliphatic heterocycles. The van der Waals surface area contributed by atoms with Crippen molar-refractivity contribution in [3.63, 3.8) is 0 Å². The Morgan fingerprint density at radius 2 is 1.04 bits per heavy atom. The first kappa shape index (κ1) is 35.8. The molecule has 0 bridgehead atoms. The lowest BCUT2D eigenvalue weighted by Gasteiger charge is -2.31. The fraction of sp³-hybridized carbons (Fsp3) is 0.200. The van der Waals surface area contributed by atoms with Crippen molar-refractivity contribution in [2.45, 2.75) is 71.6 Å². The minimum atomic E-state index is -0.148. The molecule has 8 aromatic rings. The number of rotatable bonds is 5. The zero-order valence-electron chi connectivity index (χ0n) is 34.0. The molecule has 0 fully saturated rings. The summed E-state index contributed by atoms with van der Waals surface area (Å²) in [7, 11) is 0. The van der Waals surface area contributed by atoms with Crippen LogP contribution in [0, 0.1) is 0 Å². The normalized spacial score (nSPS) is 13.5. The lowest BCUT2D eigenvalue weighted by atomic mass is 9.74. The highest BCUT2D eigenvalue weighted by Gasteiger charge is 2.41. The molecule has 0 atom stereocenters. The van der Waals surface area contributed by atoms with Gasteiger partial charge in [-0.25, -0.2) is 0 Å². The summed E-state index contributed by atoms with van der Waals surface area (Å²) in [5.74, 6) is 0. The molecule has 0 radical (unpaired) electrons. The predicted molar refractivity (Wildman–Crippen MR) is 242 cm³/mol. The summed E-state index contributed by atoms with van der Waals surface area (Å²) in [4.78, 5) is 2.48. The van der Waals surface area contributed by atoms with Gasteiger partial charge in [0, 0.05) is 22.1 Å². The van der Waals surface area contributed by atoms with Crippen LogP contribution in [0.4, 0.5) is 17.1 Å². The number of benzene rings is 8. The van der Waals surface area contributed by atoms with Crippen molar-refractivity contribution in [3.05, 3.63) is 186 Å². The van der Waals surface area contributed by atoms with E-state index in [0.29, 0.717) is 0 Å². The van der Waals surface area contributed by atoms with Gasteiger partial charge in [-0.3, -0.25) is 0 Å². The van der Waals surface area contributed by atoms with Crippen LogP contribution in [-0.4, -0.2) is 0 Å². The van der Waals surface area contributed by atoms with E-state index in [1.54, 1.807) is 0 Å². The molecule has 1 aliphatic rings. The summed E-state index contributed by atoms with van der Waals surface area (Å²) in [6.45, 7) is 19.0. The molecule has 0 N–H and O–H groups in total. The summed E-state index contributed by atoms with van der Waals surface area (Å²) in [6, 6.07) is 61.0. The van der Waals surface area contributed by atoms with Crippen LogP contribution in [0.25, 0.3) is 54.9 Å². The van der Waals surface area contributed by atoms with E-state index in [2.05, 4.69) is 224 Å². The first-order chi connectivity index (χ1) is 26.8. The van der Waals surface area contributed by atoms with E-state index in [0.717, 1.165) is 17.1 Å². The van der Waals surface area contributed by atoms with E-state index < -0.39 is 0 Å². The van der Waals surface area contributed by atoms with Gasteiger partial charge in [-0.2, -0.15) is 0 Å². The zero-order chi connectivity index (χ0) is 39.0. The molecule has 8 aromatic carbocycles. The van der Waals surface area contributed by atoms with Crippen LogP contribution in [0.5, 0.6) is 0 Å². The molecule has 0 spiro atoms. The molecule has 1 aliphatic carbocycles. The standard InChI is InChI=1S/C55H51N/c1-53(2,3)41-34-47(54(4,5)6)52-48(35-41)55(7,8)46-24-16-23-45(51(46)52)44-22-13-14-25-50(44)56(49-26-15-20-38-18-11-12-21-43(38)49)42-31-29-37(30-32-42)40-28-27-36-17-9-10-19-39(36)33-40/h9-35H,1-8H3. The van der Waals surface area contributed by atoms with Crippen LogP contribution in [-0.2, 0) is 16.2 Å². The average Bonchev–Trinajstić information content (AvgIpc) is 3.43. The molecular weight excluding hydrogens is 675 g/mol. The second-order valence-electron chi connectivity index (χ2n) is 18.3. The maximum absolute atomic E-state index is 2.51. The Bertz CT molecular complexity index is 2780. The van der Waals surface area contributed by atoms with Gasteiger partial charge in [-0.05, 0) is 107 Å². The van der Waals surface area contributed by atoms with Gasteiger partial charge in [0.05, 0.1) is 11.4 Å². The van der Waals surface area contributed by atoms with Crippen LogP contribution >= 0.6 is 0 Å². The minimum Gasteiger partial charge on any atom is -0.309 e. The molecule has 0 heterocycles. The first-order valence-electron chi connectivity index (χ1n) is 20.1. The third-order valence-corrected chi connectivity index (χ3v) is 12.1. The predicted octanol–water partition coefficient (Wildman–Crippen LogP) is 15.7. The van der Waals surface area contributed by atoms with E-state index in [1.807, 2.05) is 0 Å². The lowest BCUT2D eigenvalue weighted by molar-refractivity contribution is 0.564. The maximum atomic E-state index is 2.51. The van der Waals surface area contributed by atoms with Crippen LogP contribution in [0.2, 0.25) is 0 Å². The Hall–Kier alpha value is -5.92. The van der Waals surface area contributed by atoms with Gasteiger partial charge in [0.25, 0.3) is 0 Å². The minimum absolute atomic E-state index is 0.0398. The number of fused-ring (bicyclic) bond motifs is 5. The smallest absolute Gasteiger partial charge is 0.0540 e. The monoisotopic (exact) mass is 725 g/mol. The molecule has 0 aromatic heterocycles. The highest BCUT2D eigenvalue weighted by molar-refractivity contribution is 6.04. The van der Waals surface area contributed by atoms with Crippen molar-refractivity contribution >= 4 is 38.6 Å². The molecule has 0 saturated heterocycles. The average molecular weight is 726 g/mol. The molecular formula is C55H51N.